The van der Waals surface area contributed by atoms with E-state index in [4.69, 9.17) is 23.2 Å². The molecule has 19 heavy (non-hydrogen) atoms. The fraction of sp³-hybridized carbons (Fsp3) is 0.500. The normalized spacial score (nSPS) is 13.4. The molecule has 2 nitrogen and oxygen atoms in total. The lowest BCUT2D eigenvalue weighted by molar-refractivity contribution is 0.406. The lowest BCUT2D eigenvalue weighted by atomic mass is 10.1. The average Bonchev–Trinajstić information content (AvgIpc) is 2.66. The number of hydrogen-bond donors (Lipinski definition) is 0. The molecule has 0 aliphatic heterocycles. The van der Waals surface area contributed by atoms with E-state index in [0.717, 1.165) is 16.9 Å². The van der Waals surface area contributed by atoms with E-state index in [2.05, 4.69) is 30.3 Å². The van der Waals surface area contributed by atoms with Gasteiger partial charge in [-0.3, -0.25) is 0 Å². The van der Waals surface area contributed by atoms with Crippen molar-refractivity contribution in [2.75, 3.05) is 5.88 Å². The van der Waals surface area contributed by atoms with Crippen LogP contribution in [0, 0.1) is 11.7 Å². The van der Waals surface area contributed by atoms with Crippen molar-refractivity contribution in [1.29, 1.82) is 0 Å². The topological polar surface area (TPSA) is 17.8 Å². The van der Waals surface area contributed by atoms with E-state index in [-0.39, 0.29) is 11.1 Å². The third-order valence-corrected chi connectivity index (χ3v) is 3.97. The predicted molar refractivity (Wildman–Crippen MR) is 78.7 cm³/mol. The molecule has 0 radical (unpaired) electrons. The van der Waals surface area contributed by atoms with Crippen molar-refractivity contribution in [1.82, 2.24) is 9.55 Å². The monoisotopic (exact) mass is 302 g/mol. The first kappa shape index (κ1) is 14.6. The average molecular weight is 303 g/mol. The smallest absolute Gasteiger partial charge is 0.144 e. The molecule has 0 saturated carbocycles. The zero-order valence-corrected chi connectivity index (χ0v) is 12.8. The van der Waals surface area contributed by atoms with Crippen LogP contribution in [0.1, 0.15) is 32.6 Å². The summed E-state index contributed by atoms with van der Waals surface area (Å²) < 4.78 is 15.8. The maximum Gasteiger partial charge on any atom is 0.144 e. The van der Waals surface area contributed by atoms with Gasteiger partial charge >= 0.3 is 0 Å². The van der Waals surface area contributed by atoms with E-state index in [1.54, 1.807) is 6.07 Å². The van der Waals surface area contributed by atoms with Crippen LogP contribution in [-0.2, 0) is 6.42 Å². The highest BCUT2D eigenvalue weighted by Gasteiger charge is 2.19. The molecule has 0 N–H and O–H groups in total. The third kappa shape index (κ3) is 2.72. The molecule has 1 aromatic heterocycles. The van der Waals surface area contributed by atoms with Crippen LogP contribution in [0.4, 0.5) is 4.39 Å². The summed E-state index contributed by atoms with van der Waals surface area (Å²) in [6.45, 7) is 6.37. The van der Waals surface area contributed by atoms with Gasteiger partial charge in [0.1, 0.15) is 11.6 Å². The van der Waals surface area contributed by atoms with E-state index in [0.29, 0.717) is 18.2 Å². The molecule has 0 spiro atoms. The molecule has 1 heterocycles. The van der Waals surface area contributed by atoms with Crippen molar-refractivity contribution in [3.05, 3.63) is 28.8 Å². The minimum absolute atomic E-state index is 0.103. The second-order valence-corrected chi connectivity index (χ2v) is 5.86. The molecular formula is C14H17Cl2FN2. The van der Waals surface area contributed by atoms with Gasteiger partial charge in [-0.25, -0.2) is 9.37 Å². The SMILES string of the molecule is CC(C)C(C)n1c(CCCl)nc2cc(Cl)c(F)cc21. The predicted octanol–water partition coefficient (Wildman–Crippen LogP) is 4.83. The summed E-state index contributed by atoms with van der Waals surface area (Å²) in [7, 11) is 0. The van der Waals surface area contributed by atoms with Gasteiger partial charge in [0, 0.05) is 24.4 Å². The van der Waals surface area contributed by atoms with Crippen LogP contribution < -0.4 is 0 Å². The van der Waals surface area contributed by atoms with Gasteiger partial charge in [0.15, 0.2) is 0 Å². The molecule has 0 fully saturated rings. The van der Waals surface area contributed by atoms with Crippen molar-refractivity contribution in [2.24, 2.45) is 5.92 Å². The van der Waals surface area contributed by atoms with E-state index in [1.165, 1.54) is 6.07 Å². The van der Waals surface area contributed by atoms with Gasteiger partial charge in [0.2, 0.25) is 0 Å². The number of hydrogen-bond acceptors (Lipinski definition) is 1. The zero-order chi connectivity index (χ0) is 14.2. The van der Waals surface area contributed by atoms with Gasteiger partial charge in [0.25, 0.3) is 0 Å². The van der Waals surface area contributed by atoms with Crippen LogP contribution in [0.3, 0.4) is 0 Å². The van der Waals surface area contributed by atoms with Gasteiger partial charge in [-0.15, -0.1) is 11.6 Å². The van der Waals surface area contributed by atoms with E-state index in [9.17, 15) is 4.39 Å². The van der Waals surface area contributed by atoms with Crippen LogP contribution in [0.2, 0.25) is 5.02 Å². The lowest BCUT2D eigenvalue weighted by Crippen LogP contribution is -2.15. The van der Waals surface area contributed by atoms with Crippen LogP contribution in [0.25, 0.3) is 11.0 Å². The summed E-state index contributed by atoms with van der Waals surface area (Å²) in [6, 6.07) is 3.26. The first-order valence-electron chi connectivity index (χ1n) is 6.37. The van der Waals surface area contributed by atoms with Gasteiger partial charge in [-0.2, -0.15) is 0 Å². The summed E-state index contributed by atoms with van der Waals surface area (Å²) in [5, 5.41) is 0.103. The summed E-state index contributed by atoms with van der Waals surface area (Å²) in [4.78, 5) is 4.54. The number of rotatable bonds is 4. The largest absolute Gasteiger partial charge is 0.325 e. The molecule has 2 rings (SSSR count). The molecule has 1 aromatic carbocycles. The van der Waals surface area contributed by atoms with Gasteiger partial charge < -0.3 is 4.57 Å². The van der Waals surface area contributed by atoms with Crippen LogP contribution in [0.15, 0.2) is 12.1 Å². The van der Waals surface area contributed by atoms with E-state index >= 15 is 0 Å². The second-order valence-electron chi connectivity index (χ2n) is 5.08. The van der Waals surface area contributed by atoms with Gasteiger partial charge in [-0.1, -0.05) is 25.4 Å². The Balaban J connectivity index is 2.68. The van der Waals surface area contributed by atoms with E-state index in [1.807, 2.05) is 0 Å². The van der Waals surface area contributed by atoms with Crippen molar-refractivity contribution < 1.29 is 4.39 Å². The standard InChI is InChI=1S/C14H17Cl2FN2/c1-8(2)9(3)19-13-7-11(17)10(16)6-12(13)18-14(19)4-5-15/h6-9H,4-5H2,1-3H3. The number of benzene rings is 1. The molecular weight excluding hydrogens is 286 g/mol. The molecule has 0 saturated heterocycles. The summed E-state index contributed by atoms with van der Waals surface area (Å²) in [6.07, 6.45) is 0.659. The van der Waals surface area contributed by atoms with E-state index < -0.39 is 5.82 Å². The second kappa shape index (κ2) is 5.68. The lowest BCUT2D eigenvalue weighted by Gasteiger charge is -2.21. The Morgan fingerprint density at radius 2 is 2.00 bits per heavy atom. The highest BCUT2D eigenvalue weighted by atomic mass is 35.5. The molecule has 2 aromatic rings. The van der Waals surface area contributed by atoms with Gasteiger partial charge in [0.05, 0.1) is 16.1 Å². The third-order valence-electron chi connectivity index (χ3n) is 3.49. The maximum atomic E-state index is 13.7. The van der Waals surface area contributed by atoms with Crippen molar-refractivity contribution in [3.63, 3.8) is 0 Å². The molecule has 0 aliphatic carbocycles. The number of alkyl halides is 1. The number of nitrogens with zero attached hydrogens (tertiary/aromatic N) is 2. The van der Waals surface area contributed by atoms with Crippen LogP contribution in [-0.4, -0.2) is 15.4 Å². The summed E-state index contributed by atoms with van der Waals surface area (Å²) in [5.41, 5.74) is 1.50. The molecule has 0 aliphatic rings. The van der Waals surface area contributed by atoms with Gasteiger partial charge in [-0.05, 0) is 18.9 Å². The number of fused-ring (bicyclic) bond motifs is 1. The first-order valence-corrected chi connectivity index (χ1v) is 7.28. The maximum absolute atomic E-state index is 13.7. The van der Waals surface area contributed by atoms with Crippen molar-refractivity contribution in [2.45, 2.75) is 33.2 Å². The quantitative estimate of drug-likeness (QED) is 0.740. The number of aromatic nitrogens is 2. The number of aryl methyl sites for hydroxylation is 1. The highest BCUT2D eigenvalue weighted by Crippen LogP contribution is 2.29. The molecule has 1 unspecified atom stereocenters. The molecule has 0 amide bonds. The first-order chi connectivity index (χ1) is 8.95. The molecule has 104 valence electrons. The fourth-order valence-corrected chi connectivity index (χ4v) is 2.48. The Morgan fingerprint density at radius 3 is 2.58 bits per heavy atom. The number of halogens is 3. The van der Waals surface area contributed by atoms with Crippen LogP contribution in [0.5, 0.6) is 0 Å². The Hall–Kier alpha value is -0.800. The fourth-order valence-electron chi connectivity index (χ4n) is 2.15. The van der Waals surface area contributed by atoms with Crippen molar-refractivity contribution >= 4 is 34.2 Å². The molecule has 0 bridgehead atoms. The Labute approximate surface area is 122 Å². The minimum Gasteiger partial charge on any atom is -0.325 e. The minimum atomic E-state index is -0.413. The number of imidazole rings is 1. The summed E-state index contributed by atoms with van der Waals surface area (Å²) >= 11 is 11.6. The zero-order valence-electron chi connectivity index (χ0n) is 11.3. The Bertz CT molecular complexity index is 593. The highest BCUT2D eigenvalue weighted by molar-refractivity contribution is 6.31. The molecule has 1 atom stereocenters. The summed E-state index contributed by atoms with van der Waals surface area (Å²) in [5.74, 6) is 1.38. The Kier molecular flexibility index (Phi) is 4.36. The molecule has 5 heteroatoms. The van der Waals surface area contributed by atoms with Crippen LogP contribution >= 0.6 is 23.2 Å². The van der Waals surface area contributed by atoms with Crippen molar-refractivity contribution in [3.8, 4) is 0 Å². The Morgan fingerprint density at radius 1 is 1.32 bits per heavy atom.